The minimum absolute atomic E-state index is 0.156. The van der Waals surface area contributed by atoms with Crippen molar-refractivity contribution in [3.63, 3.8) is 0 Å². The van der Waals surface area contributed by atoms with Crippen LogP contribution < -0.4 is 10.6 Å². The van der Waals surface area contributed by atoms with Crippen molar-refractivity contribution < 1.29 is 9.59 Å². The molecule has 1 aliphatic rings. The molecule has 5 rings (SSSR count). The molecule has 2 aromatic heterocycles. The number of carbonyl (C=O) groups is 2. The lowest BCUT2D eigenvalue weighted by Gasteiger charge is -2.14. The van der Waals surface area contributed by atoms with Crippen LogP contribution >= 0.6 is 22.9 Å². The van der Waals surface area contributed by atoms with E-state index in [0.717, 1.165) is 51.6 Å². The summed E-state index contributed by atoms with van der Waals surface area (Å²) in [7, 11) is 1.57. The molecule has 0 saturated heterocycles. The van der Waals surface area contributed by atoms with Crippen LogP contribution in [0.5, 0.6) is 0 Å². The molecule has 1 aliphatic carbocycles. The van der Waals surface area contributed by atoms with Crippen LogP contribution in [0.15, 0.2) is 48.5 Å². The van der Waals surface area contributed by atoms with E-state index in [1.54, 1.807) is 19.2 Å². The second-order valence-electron chi connectivity index (χ2n) is 7.67. The third-order valence-electron chi connectivity index (χ3n) is 5.51. The van der Waals surface area contributed by atoms with Crippen LogP contribution in [-0.2, 0) is 17.6 Å². The summed E-state index contributed by atoms with van der Waals surface area (Å²) in [5, 5.41) is 11.3. The molecule has 166 valence electrons. The van der Waals surface area contributed by atoms with Crippen LogP contribution in [0.25, 0.3) is 27.5 Å². The molecular formula is C24H20ClN5O2S. The normalized spacial score (nSPS) is 12.1. The number of fused-ring (bicyclic) bond motifs is 3. The Kier molecular flexibility index (Phi) is 5.47. The fraction of sp³-hybridized carbons (Fsp3) is 0.167. The average molecular weight is 478 g/mol. The Hall–Kier alpha value is -3.49. The van der Waals surface area contributed by atoms with E-state index in [0.29, 0.717) is 15.7 Å². The first-order chi connectivity index (χ1) is 16.0. The van der Waals surface area contributed by atoms with Crippen molar-refractivity contribution in [2.24, 2.45) is 0 Å². The van der Waals surface area contributed by atoms with Gasteiger partial charge in [-0.1, -0.05) is 53.3 Å². The Morgan fingerprint density at radius 1 is 1.12 bits per heavy atom. The quantitative estimate of drug-likeness (QED) is 0.444. The van der Waals surface area contributed by atoms with Gasteiger partial charge in [0.2, 0.25) is 5.91 Å². The van der Waals surface area contributed by atoms with Gasteiger partial charge in [-0.25, -0.2) is 9.67 Å². The van der Waals surface area contributed by atoms with Crippen LogP contribution in [0.3, 0.4) is 0 Å². The van der Waals surface area contributed by atoms with Gasteiger partial charge >= 0.3 is 0 Å². The number of rotatable bonds is 4. The molecule has 33 heavy (non-hydrogen) atoms. The van der Waals surface area contributed by atoms with Crippen molar-refractivity contribution in [3.8, 4) is 27.5 Å². The zero-order valence-electron chi connectivity index (χ0n) is 18.0. The summed E-state index contributed by atoms with van der Waals surface area (Å²) in [5.41, 5.74) is 6.07. The molecule has 2 amide bonds. The summed E-state index contributed by atoms with van der Waals surface area (Å²) in [6.45, 7) is 1.47. The number of hydrogen-bond donors (Lipinski definition) is 2. The lowest BCUT2D eigenvalue weighted by Crippen LogP contribution is -2.18. The van der Waals surface area contributed by atoms with E-state index in [4.69, 9.17) is 16.7 Å². The summed E-state index contributed by atoms with van der Waals surface area (Å²) < 4.78 is 1.87. The molecule has 0 fully saturated rings. The molecule has 0 bridgehead atoms. The predicted octanol–water partition coefficient (Wildman–Crippen LogP) is 4.73. The number of carbonyl (C=O) groups excluding carboxylic acids is 2. The highest BCUT2D eigenvalue weighted by Gasteiger charge is 2.30. The third-order valence-corrected chi connectivity index (χ3v) is 6.84. The largest absolute Gasteiger partial charge is 0.355 e. The van der Waals surface area contributed by atoms with Crippen LogP contribution in [-0.4, -0.2) is 33.6 Å². The maximum Gasteiger partial charge on any atom is 0.252 e. The Bertz CT molecular complexity index is 1390. The number of aryl methyl sites for hydroxylation is 1. The highest BCUT2D eigenvalue weighted by Crippen LogP contribution is 2.44. The maximum atomic E-state index is 12.1. The number of thiazole rings is 1. The summed E-state index contributed by atoms with van der Waals surface area (Å²) in [4.78, 5) is 29.3. The molecule has 0 saturated carbocycles. The minimum Gasteiger partial charge on any atom is -0.355 e. The highest BCUT2D eigenvalue weighted by atomic mass is 35.5. The van der Waals surface area contributed by atoms with Crippen molar-refractivity contribution >= 4 is 39.9 Å². The van der Waals surface area contributed by atoms with Crippen molar-refractivity contribution in [1.29, 1.82) is 0 Å². The second kappa shape index (κ2) is 8.46. The SMILES string of the molecule is CNC(=O)c1ccc(-n2nc(-c3ccccc3)c3c2-c2sc(NC(C)=O)nc2CC3)cc1Cl. The van der Waals surface area contributed by atoms with E-state index in [1.165, 1.54) is 18.3 Å². The number of hydrogen-bond acceptors (Lipinski definition) is 5. The van der Waals surface area contributed by atoms with E-state index in [9.17, 15) is 9.59 Å². The number of nitrogens with one attached hydrogen (secondary N) is 2. The topological polar surface area (TPSA) is 88.9 Å². The van der Waals surface area contributed by atoms with Gasteiger partial charge < -0.3 is 10.6 Å². The zero-order valence-corrected chi connectivity index (χ0v) is 19.5. The van der Waals surface area contributed by atoms with E-state index in [-0.39, 0.29) is 11.8 Å². The first-order valence-electron chi connectivity index (χ1n) is 10.4. The third kappa shape index (κ3) is 3.81. The molecule has 7 nitrogen and oxygen atoms in total. The van der Waals surface area contributed by atoms with E-state index >= 15 is 0 Å². The molecule has 0 aliphatic heterocycles. The van der Waals surface area contributed by atoms with Gasteiger partial charge in [-0.15, -0.1) is 0 Å². The lowest BCUT2D eigenvalue weighted by molar-refractivity contribution is -0.114. The molecule has 0 unspecified atom stereocenters. The van der Waals surface area contributed by atoms with Gasteiger partial charge in [0.1, 0.15) is 0 Å². The van der Waals surface area contributed by atoms with Crippen molar-refractivity contribution in [1.82, 2.24) is 20.1 Å². The summed E-state index contributed by atoms with van der Waals surface area (Å²) >= 11 is 7.90. The number of nitrogens with zero attached hydrogens (tertiary/aromatic N) is 3. The standard InChI is InChI=1S/C24H20ClN5O2S/c1-13(31)27-24-28-19-11-10-17-20(14-6-4-3-5-7-14)29-30(21(17)22(19)33-24)15-8-9-16(18(25)12-15)23(32)26-2/h3-9,12H,10-11H2,1-2H3,(H,26,32)(H,27,28,31). The van der Waals surface area contributed by atoms with Crippen LogP contribution in [0.1, 0.15) is 28.5 Å². The predicted molar refractivity (Wildman–Crippen MR) is 130 cm³/mol. The fourth-order valence-corrected chi connectivity index (χ4v) is 5.42. The number of amides is 2. The number of aromatic nitrogens is 3. The monoisotopic (exact) mass is 477 g/mol. The van der Waals surface area contributed by atoms with Crippen LogP contribution in [0, 0.1) is 0 Å². The van der Waals surface area contributed by atoms with E-state index < -0.39 is 0 Å². The lowest BCUT2D eigenvalue weighted by atomic mass is 9.95. The molecule has 0 atom stereocenters. The van der Waals surface area contributed by atoms with Crippen LogP contribution in [0.2, 0.25) is 5.02 Å². The van der Waals surface area contributed by atoms with Crippen molar-refractivity contribution in [2.75, 3.05) is 12.4 Å². The first kappa shape index (κ1) is 21.4. The van der Waals surface area contributed by atoms with E-state index in [1.807, 2.05) is 41.1 Å². The van der Waals surface area contributed by atoms with Gasteiger partial charge in [-0.2, -0.15) is 5.10 Å². The molecular weight excluding hydrogens is 458 g/mol. The Balaban J connectivity index is 1.72. The molecule has 2 aromatic carbocycles. The smallest absolute Gasteiger partial charge is 0.252 e. The first-order valence-corrected chi connectivity index (χ1v) is 11.6. The van der Waals surface area contributed by atoms with Crippen molar-refractivity contribution in [3.05, 3.63) is 70.4 Å². The molecule has 2 heterocycles. The summed E-state index contributed by atoms with van der Waals surface area (Å²) in [5.74, 6) is -0.403. The maximum absolute atomic E-state index is 12.1. The Labute approximate surface area is 199 Å². The second-order valence-corrected chi connectivity index (χ2v) is 9.08. The molecule has 0 radical (unpaired) electrons. The average Bonchev–Trinajstić information content (AvgIpc) is 3.39. The molecule has 2 N–H and O–H groups in total. The van der Waals surface area contributed by atoms with Crippen molar-refractivity contribution in [2.45, 2.75) is 19.8 Å². The Morgan fingerprint density at radius 2 is 1.91 bits per heavy atom. The molecule has 4 aromatic rings. The minimum atomic E-state index is -0.247. The molecule has 9 heteroatoms. The highest BCUT2D eigenvalue weighted by molar-refractivity contribution is 7.19. The van der Waals surface area contributed by atoms with E-state index in [2.05, 4.69) is 15.6 Å². The van der Waals surface area contributed by atoms with Gasteiger partial charge in [-0.3, -0.25) is 9.59 Å². The van der Waals surface area contributed by atoms with Gasteiger partial charge in [0.05, 0.1) is 38.2 Å². The van der Waals surface area contributed by atoms with Gasteiger partial charge in [-0.05, 0) is 31.0 Å². The zero-order chi connectivity index (χ0) is 23.1. The molecule has 0 spiro atoms. The van der Waals surface area contributed by atoms with Gasteiger partial charge in [0.15, 0.2) is 5.13 Å². The number of benzene rings is 2. The number of halogens is 1. The summed E-state index contributed by atoms with van der Waals surface area (Å²) in [6, 6.07) is 15.3. The fourth-order valence-electron chi connectivity index (χ4n) is 4.04. The Morgan fingerprint density at radius 3 is 2.61 bits per heavy atom. The summed E-state index contributed by atoms with van der Waals surface area (Å²) in [6.07, 6.45) is 1.54. The van der Waals surface area contributed by atoms with Gasteiger partial charge in [0.25, 0.3) is 5.91 Å². The van der Waals surface area contributed by atoms with Gasteiger partial charge in [0, 0.05) is 25.1 Å². The number of anilines is 1. The van der Waals surface area contributed by atoms with Crippen LogP contribution in [0.4, 0.5) is 5.13 Å².